The standard InChI is InChI=1S/C13H18ClNO2/c1-3-12-10(5-7-17-12)13(16)15-6-4-9(2)11(14)8-15/h5,7,9,11H,3-4,6,8H2,1-2H3. The van der Waals surface area contributed by atoms with Crippen LogP contribution in [-0.4, -0.2) is 29.3 Å². The van der Waals surface area contributed by atoms with Crippen molar-refractivity contribution in [3.05, 3.63) is 23.7 Å². The maximum atomic E-state index is 12.3. The van der Waals surface area contributed by atoms with E-state index in [1.807, 2.05) is 11.8 Å². The number of hydrogen-bond acceptors (Lipinski definition) is 2. The van der Waals surface area contributed by atoms with E-state index in [1.54, 1.807) is 12.3 Å². The van der Waals surface area contributed by atoms with Gasteiger partial charge in [-0.25, -0.2) is 0 Å². The molecule has 1 aromatic heterocycles. The lowest BCUT2D eigenvalue weighted by molar-refractivity contribution is 0.0699. The fourth-order valence-electron chi connectivity index (χ4n) is 2.18. The minimum absolute atomic E-state index is 0.0492. The molecule has 0 spiro atoms. The second-order valence-electron chi connectivity index (χ2n) is 4.64. The molecule has 0 radical (unpaired) electrons. The minimum Gasteiger partial charge on any atom is -0.469 e. The van der Waals surface area contributed by atoms with E-state index in [0.29, 0.717) is 18.0 Å². The molecule has 2 rings (SSSR count). The molecular formula is C13H18ClNO2. The number of furan rings is 1. The summed E-state index contributed by atoms with van der Waals surface area (Å²) in [6.07, 6.45) is 3.29. The quantitative estimate of drug-likeness (QED) is 0.762. The van der Waals surface area contributed by atoms with E-state index in [0.717, 1.165) is 25.1 Å². The van der Waals surface area contributed by atoms with Crippen molar-refractivity contribution >= 4 is 17.5 Å². The predicted octanol–water partition coefficient (Wildman–Crippen LogP) is 2.93. The molecule has 1 aromatic rings. The summed E-state index contributed by atoms with van der Waals surface area (Å²) < 4.78 is 5.29. The molecule has 1 aliphatic rings. The zero-order valence-corrected chi connectivity index (χ0v) is 11.0. The summed E-state index contributed by atoms with van der Waals surface area (Å²) in [5.41, 5.74) is 0.686. The van der Waals surface area contributed by atoms with E-state index in [-0.39, 0.29) is 11.3 Å². The van der Waals surface area contributed by atoms with Gasteiger partial charge in [-0.3, -0.25) is 4.79 Å². The average molecular weight is 256 g/mol. The fourth-order valence-corrected chi connectivity index (χ4v) is 2.47. The molecule has 3 nitrogen and oxygen atoms in total. The Morgan fingerprint density at radius 2 is 2.41 bits per heavy atom. The summed E-state index contributed by atoms with van der Waals surface area (Å²) in [6.45, 7) is 5.54. The molecule has 1 amide bonds. The van der Waals surface area contributed by atoms with Crippen molar-refractivity contribution in [1.82, 2.24) is 4.90 Å². The molecule has 0 bridgehead atoms. The first-order chi connectivity index (χ1) is 8.13. The number of carbonyl (C=O) groups is 1. The van der Waals surface area contributed by atoms with Crippen molar-refractivity contribution in [3.63, 3.8) is 0 Å². The normalized spacial score (nSPS) is 25.0. The van der Waals surface area contributed by atoms with Crippen LogP contribution in [0.1, 0.15) is 36.4 Å². The Kier molecular flexibility index (Phi) is 3.77. The lowest BCUT2D eigenvalue weighted by atomic mass is 9.98. The molecule has 17 heavy (non-hydrogen) atoms. The van der Waals surface area contributed by atoms with Gasteiger partial charge in [0.1, 0.15) is 5.76 Å². The van der Waals surface area contributed by atoms with Crippen molar-refractivity contribution in [2.45, 2.75) is 32.1 Å². The summed E-state index contributed by atoms with van der Waals surface area (Å²) in [4.78, 5) is 14.1. The molecule has 1 fully saturated rings. The van der Waals surface area contributed by atoms with Crippen LogP contribution in [0.4, 0.5) is 0 Å². The van der Waals surface area contributed by atoms with E-state index in [1.165, 1.54) is 0 Å². The zero-order chi connectivity index (χ0) is 12.4. The lowest BCUT2D eigenvalue weighted by Gasteiger charge is -2.33. The number of nitrogens with zero attached hydrogens (tertiary/aromatic N) is 1. The Balaban J connectivity index is 2.10. The molecule has 2 unspecified atom stereocenters. The van der Waals surface area contributed by atoms with Gasteiger partial charge < -0.3 is 9.32 Å². The van der Waals surface area contributed by atoms with Gasteiger partial charge in [0.15, 0.2) is 0 Å². The number of hydrogen-bond donors (Lipinski definition) is 0. The highest BCUT2D eigenvalue weighted by Crippen LogP contribution is 2.24. The Morgan fingerprint density at radius 3 is 3.06 bits per heavy atom. The minimum atomic E-state index is 0.0492. The highest BCUT2D eigenvalue weighted by atomic mass is 35.5. The number of alkyl halides is 1. The van der Waals surface area contributed by atoms with E-state index in [2.05, 4.69) is 6.92 Å². The third-order valence-electron chi connectivity index (χ3n) is 3.45. The number of likely N-dealkylation sites (tertiary alicyclic amines) is 1. The van der Waals surface area contributed by atoms with Crippen molar-refractivity contribution < 1.29 is 9.21 Å². The van der Waals surface area contributed by atoms with E-state index < -0.39 is 0 Å². The predicted molar refractivity (Wildman–Crippen MR) is 67.4 cm³/mol. The second-order valence-corrected chi connectivity index (χ2v) is 5.20. The highest BCUT2D eigenvalue weighted by Gasteiger charge is 2.29. The van der Waals surface area contributed by atoms with Crippen molar-refractivity contribution in [3.8, 4) is 0 Å². The van der Waals surface area contributed by atoms with Crippen LogP contribution in [0.5, 0.6) is 0 Å². The molecule has 1 aliphatic heterocycles. The number of halogens is 1. The van der Waals surface area contributed by atoms with Crippen LogP contribution < -0.4 is 0 Å². The van der Waals surface area contributed by atoms with Crippen molar-refractivity contribution in [2.24, 2.45) is 5.92 Å². The zero-order valence-electron chi connectivity index (χ0n) is 10.3. The molecule has 0 saturated carbocycles. The van der Waals surface area contributed by atoms with Crippen LogP contribution in [0.15, 0.2) is 16.7 Å². The van der Waals surface area contributed by atoms with Gasteiger partial charge in [0.2, 0.25) is 0 Å². The fraction of sp³-hybridized carbons (Fsp3) is 0.615. The Hall–Kier alpha value is -0.960. The largest absolute Gasteiger partial charge is 0.469 e. The van der Waals surface area contributed by atoms with Gasteiger partial charge in [0.25, 0.3) is 5.91 Å². The Morgan fingerprint density at radius 1 is 1.65 bits per heavy atom. The number of piperidine rings is 1. The molecule has 2 atom stereocenters. The van der Waals surface area contributed by atoms with E-state index in [9.17, 15) is 4.79 Å². The Bertz CT molecular complexity index is 402. The number of amides is 1. The number of aryl methyl sites for hydroxylation is 1. The van der Waals surface area contributed by atoms with Crippen LogP contribution in [0.3, 0.4) is 0 Å². The monoisotopic (exact) mass is 255 g/mol. The lowest BCUT2D eigenvalue weighted by Crippen LogP contribution is -2.43. The van der Waals surface area contributed by atoms with Gasteiger partial charge >= 0.3 is 0 Å². The average Bonchev–Trinajstić information content (AvgIpc) is 2.80. The Labute approximate surface area is 107 Å². The molecular weight excluding hydrogens is 238 g/mol. The van der Waals surface area contributed by atoms with Gasteiger partial charge in [-0.1, -0.05) is 13.8 Å². The van der Waals surface area contributed by atoms with Gasteiger partial charge in [0, 0.05) is 19.5 Å². The summed E-state index contributed by atoms with van der Waals surface area (Å²) in [5, 5.41) is 0.0599. The number of rotatable bonds is 2. The molecule has 4 heteroatoms. The van der Waals surface area contributed by atoms with Crippen molar-refractivity contribution in [2.75, 3.05) is 13.1 Å². The third kappa shape index (κ3) is 2.49. The van der Waals surface area contributed by atoms with E-state index in [4.69, 9.17) is 16.0 Å². The van der Waals surface area contributed by atoms with Crippen LogP contribution in [0.2, 0.25) is 0 Å². The SMILES string of the molecule is CCc1occc1C(=O)N1CCC(C)C(Cl)C1. The van der Waals surface area contributed by atoms with E-state index >= 15 is 0 Å². The molecule has 1 saturated heterocycles. The molecule has 2 heterocycles. The topological polar surface area (TPSA) is 33.5 Å². The second kappa shape index (κ2) is 5.13. The van der Waals surface area contributed by atoms with Crippen LogP contribution in [-0.2, 0) is 6.42 Å². The molecule has 94 valence electrons. The molecule has 0 aromatic carbocycles. The van der Waals surface area contributed by atoms with Crippen LogP contribution in [0, 0.1) is 5.92 Å². The first-order valence-corrected chi connectivity index (χ1v) is 6.56. The summed E-state index contributed by atoms with van der Waals surface area (Å²) in [5.74, 6) is 1.30. The molecule has 0 N–H and O–H groups in total. The maximum Gasteiger partial charge on any atom is 0.257 e. The third-order valence-corrected chi connectivity index (χ3v) is 4.02. The summed E-state index contributed by atoms with van der Waals surface area (Å²) >= 11 is 6.22. The highest BCUT2D eigenvalue weighted by molar-refractivity contribution is 6.21. The van der Waals surface area contributed by atoms with Crippen molar-refractivity contribution in [1.29, 1.82) is 0 Å². The van der Waals surface area contributed by atoms with Crippen LogP contribution in [0.25, 0.3) is 0 Å². The summed E-state index contributed by atoms with van der Waals surface area (Å²) in [6, 6.07) is 1.75. The van der Waals surface area contributed by atoms with Gasteiger partial charge in [-0.2, -0.15) is 0 Å². The summed E-state index contributed by atoms with van der Waals surface area (Å²) in [7, 11) is 0. The first kappa shape index (κ1) is 12.5. The van der Waals surface area contributed by atoms with Gasteiger partial charge in [-0.05, 0) is 18.4 Å². The maximum absolute atomic E-state index is 12.3. The van der Waals surface area contributed by atoms with Gasteiger partial charge in [0.05, 0.1) is 17.2 Å². The smallest absolute Gasteiger partial charge is 0.257 e. The first-order valence-electron chi connectivity index (χ1n) is 6.13. The molecule has 0 aliphatic carbocycles. The van der Waals surface area contributed by atoms with Gasteiger partial charge in [-0.15, -0.1) is 11.6 Å². The number of carbonyl (C=O) groups excluding carboxylic acids is 1. The van der Waals surface area contributed by atoms with Crippen LogP contribution >= 0.6 is 11.6 Å².